The van der Waals surface area contributed by atoms with E-state index in [2.05, 4.69) is 47.1 Å². The molecule has 0 atom stereocenters. The van der Waals surface area contributed by atoms with E-state index in [-0.39, 0.29) is 12.4 Å². The van der Waals surface area contributed by atoms with Gasteiger partial charge in [0.1, 0.15) is 18.1 Å². The maximum absolute atomic E-state index is 12.5. The summed E-state index contributed by atoms with van der Waals surface area (Å²) in [6.07, 6.45) is 3.56. The molecule has 5 aromatic rings. The molecular formula is C30H28N4O3. The summed E-state index contributed by atoms with van der Waals surface area (Å²) in [7, 11) is 0. The van der Waals surface area contributed by atoms with E-state index >= 15 is 0 Å². The maximum Gasteiger partial charge on any atom is 0.307 e. The summed E-state index contributed by atoms with van der Waals surface area (Å²) < 4.78 is 15.7. The molecule has 186 valence electrons. The number of nitrogens with one attached hydrogen (secondary N) is 1. The molecule has 0 saturated carbocycles. The van der Waals surface area contributed by atoms with Crippen molar-refractivity contribution in [3.8, 4) is 17.1 Å². The van der Waals surface area contributed by atoms with Crippen LogP contribution in [0.2, 0.25) is 0 Å². The van der Waals surface area contributed by atoms with E-state index in [1.54, 1.807) is 18.3 Å². The highest BCUT2D eigenvalue weighted by molar-refractivity contribution is 5.92. The summed E-state index contributed by atoms with van der Waals surface area (Å²) in [5.74, 6) is 0.996. The monoisotopic (exact) mass is 492 g/mol. The second kappa shape index (κ2) is 10.5. The van der Waals surface area contributed by atoms with Crippen molar-refractivity contribution in [1.29, 1.82) is 0 Å². The average molecular weight is 493 g/mol. The summed E-state index contributed by atoms with van der Waals surface area (Å²) in [5.41, 5.74) is 8.99. The maximum atomic E-state index is 12.5. The van der Waals surface area contributed by atoms with Crippen LogP contribution in [0.25, 0.3) is 11.4 Å². The van der Waals surface area contributed by atoms with Crippen molar-refractivity contribution in [1.82, 2.24) is 14.6 Å². The number of hydrogen-bond donors (Lipinski definition) is 1. The van der Waals surface area contributed by atoms with Crippen LogP contribution < -0.4 is 10.2 Å². The summed E-state index contributed by atoms with van der Waals surface area (Å²) >= 11 is 0. The number of ether oxygens (including phenoxy) is 1. The highest BCUT2D eigenvalue weighted by atomic mass is 16.5. The first kappa shape index (κ1) is 23.9. The summed E-state index contributed by atoms with van der Waals surface area (Å²) in [5, 5.41) is 4.10. The number of aromatic nitrogens is 2. The Morgan fingerprint density at radius 3 is 2.46 bits per heavy atom. The van der Waals surface area contributed by atoms with E-state index in [4.69, 9.17) is 9.15 Å². The molecule has 7 heteroatoms. The van der Waals surface area contributed by atoms with Gasteiger partial charge in [-0.1, -0.05) is 12.1 Å². The van der Waals surface area contributed by atoms with Gasteiger partial charge in [0.25, 0.3) is 0 Å². The number of carbonyl (C=O) groups excluding carboxylic acids is 1. The van der Waals surface area contributed by atoms with E-state index in [9.17, 15) is 4.79 Å². The molecule has 7 nitrogen and oxygen atoms in total. The number of rotatable bonds is 8. The van der Waals surface area contributed by atoms with Gasteiger partial charge in [0.05, 0.1) is 11.9 Å². The highest BCUT2D eigenvalue weighted by Gasteiger charge is 2.11. The fourth-order valence-corrected chi connectivity index (χ4v) is 4.22. The highest BCUT2D eigenvalue weighted by Crippen LogP contribution is 2.21. The zero-order valence-corrected chi connectivity index (χ0v) is 21.0. The van der Waals surface area contributed by atoms with Gasteiger partial charge < -0.3 is 18.3 Å². The van der Waals surface area contributed by atoms with Crippen LogP contribution in [0.15, 0.2) is 101 Å². The normalized spacial score (nSPS) is 11.2. The number of carbonyl (C=O) groups is 1. The number of aryl methyl sites for hydroxylation is 3. The molecule has 3 heterocycles. The van der Waals surface area contributed by atoms with Crippen molar-refractivity contribution < 1.29 is 13.9 Å². The van der Waals surface area contributed by atoms with E-state index in [0.29, 0.717) is 5.76 Å². The molecule has 0 aliphatic rings. The smallest absolute Gasteiger partial charge is 0.307 e. The molecule has 1 amide bonds. The lowest BCUT2D eigenvalue weighted by Gasteiger charge is -2.10. The molecule has 37 heavy (non-hydrogen) atoms. The molecule has 3 aromatic heterocycles. The minimum atomic E-state index is -0.432. The predicted molar refractivity (Wildman–Crippen MR) is 144 cm³/mol. The zero-order valence-electron chi connectivity index (χ0n) is 21.0. The standard InChI is InChI=1S/C30H28N4O3/c1-21-6-4-7-25(18-21)33-17-5-8-26(33)19-31-32-30(35)29-16-15-28(37-29)20-36-27-13-11-24(12-14-27)34-22(2)9-10-23(34)3/h4-19H,20H2,1-3H3,(H,32,35)/b31-19+. The third-order valence-corrected chi connectivity index (χ3v) is 6.06. The number of amides is 1. The Hall–Kier alpha value is -4.78. The minimum Gasteiger partial charge on any atom is -0.486 e. The summed E-state index contributed by atoms with van der Waals surface area (Å²) in [6.45, 7) is 6.42. The van der Waals surface area contributed by atoms with Crippen LogP contribution in [-0.4, -0.2) is 21.3 Å². The number of nitrogens with zero attached hydrogens (tertiary/aromatic N) is 3. The number of benzene rings is 2. The quantitative estimate of drug-likeness (QED) is 0.209. The second-order valence-electron chi connectivity index (χ2n) is 8.84. The SMILES string of the molecule is Cc1cccc(-n2cccc2/C=N/NC(=O)c2ccc(COc3ccc(-n4c(C)ccc4C)cc3)o2)c1. The van der Waals surface area contributed by atoms with Gasteiger partial charge in [-0.2, -0.15) is 5.10 Å². The fraction of sp³-hybridized carbons (Fsp3) is 0.133. The molecule has 0 spiro atoms. The van der Waals surface area contributed by atoms with Gasteiger partial charge in [0.15, 0.2) is 5.76 Å². The first-order valence-electron chi connectivity index (χ1n) is 12.0. The third-order valence-electron chi connectivity index (χ3n) is 6.06. The van der Waals surface area contributed by atoms with Gasteiger partial charge in [0, 0.05) is 29.0 Å². The Bertz CT molecular complexity index is 1530. The van der Waals surface area contributed by atoms with Gasteiger partial charge in [-0.3, -0.25) is 4.79 Å². The summed E-state index contributed by atoms with van der Waals surface area (Å²) in [4.78, 5) is 12.5. The van der Waals surface area contributed by atoms with Gasteiger partial charge >= 0.3 is 5.91 Å². The molecule has 2 aromatic carbocycles. The van der Waals surface area contributed by atoms with Crippen LogP contribution in [0.4, 0.5) is 0 Å². The second-order valence-corrected chi connectivity index (χ2v) is 8.84. The van der Waals surface area contributed by atoms with Crippen molar-refractivity contribution in [3.63, 3.8) is 0 Å². The van der Waals surface area contributed by atoms with Crippen LogP contribution in [0.3, 0.4) is 0 Å². The fourth-order valence-electron chi connectivity index (χ4n) is 4.22. The molecule has 0 radical (unpaired) electrons. The lowest BCUT2D eigenvalue weighted by Crippen LogP contribution is -2.17. The van der Waals surface area contributed by atoms with Crippen molar-refractivity contribution >= 4 is 12.1 Å². The topological polar surface area (TPSA) is 73.7 Å². The molecule has 0 saturated heterocycles. The predicted octanol–water partition coefficient (Wildman–Crippen LogP) is 6.13. The molecule has 1 N–H and O–H groups in total. The zero-order chi connectivity index (χ0) is 25.8. The Labute approximate surface area is 215 Å². The molecule has 0 bridgehead atoms. The number of furan rings is 1. The Morgan fingerprint density at radius 2 is 1.70 bits per heavy atom. The van der Waals surface area contributed by atoms with E-state index in [0.717, 1.165) is 22.8 Å². The van der Waals surface area contributed by atoms with Crippen molar-refractivity contribution in [2.45, 2.75) is 27.4 Å². The van der Waals surface area contributed by atoms with E-state index < -0.39 is 5.91 Å². The average Bonchev–Trinajstić information content (AvgIpc) is 3.64. The molecule has 0 unspecified atom stereocenters. The van der Waals surface area contributed by atoms with E-state index in [1.165, 1.54) is 17.0 Å². The molecular weight excluding hydrogens is 464 g/mol. The molecule has 5 rings (SSSR count). The van der Waals surface area contributed by atoms with Gasteiger partial charge in [-0.15, -0.1) is 0 Å². The largest absolute Gasteiger partial charge is 0.486 e. The molecule has 0 fully saturated rings. The lowest BCUT2D eigenvalue weighted by molar-refractivity contribution is 0.0923. The van der Waals surface area contributed by atoms with Crippen LogP contribution in [0.1, 0.15) is 39.0 Å². The van der Waals surface area contributed by atoms with Gasteiger partial charge in [0.2, 0.25) is 0 Å². The Kier molecular flexibility index (Phi) is 6.76. The van der Waals surface area contributed by atoms with Crippen molar-refractivity contribution in [3.05, 3.63) is 125 Å². The lowest BCUT2D eigenvalue weighted by atomic mass is 10.2. The van der Waals surface area contributed by atoms with Crippen LogP contribution in [0.5, 0.6) is 5.75 Å². The third kappa shape index (κ3) is 5.41. The van der Waals surface area contributed by atoms with E-state index in [1.807, 2.05) is 72.3 Å². The first-order valence-corrected chi connectivity index (χ1v) is 12.0. The molecule has 0 aliphatic heterocycles. The van der Waals surface area contributed by atoms with Crippen molar-refractivity contribution in [2.75, 3.05) is 0 Å². The van der Waals surface area contributed by atoms with Crippen LogP contribution in [0, 0.1) is 20.8 Å². The van der Waals surface area contributed by atoms with Gasteiger partial charge in [-0.05, 0) is 99.1 Å². The number of hydrazone groups is 1. The van der Waals surface area contributed by atoms with Crippen LogP contribution in [-0.2, 0) is 6.61 Å². The van der Waals surface area contributed by atoms with Crippen LogP contribution >= 0.6 is 0 Å². The minimum absolute atomic E-state index is 0.165. The first-order chi connectivity index (χ1) is 18.0. The van der Waals surface area contributed by atoms with Gasteiger partial charge in [-0.25, -0.2) is 5.43 Å². The summed E-state index contributed by atoms with van der Waals surface area (Å²) in [6, 6.07) is 27.4. The Balaban J connectivity index is 1.16. The number of hydrogen-bond acceptors (Lipinski definition) is 4. The van der Waals surface area contributed by atoms with Crippen molar-refractivity contribution in [2.24, 2.45) is 5.10 Å². The molecule has 0 aliphatic carbocycles. The Morgan fingerprint density at radius 1 is 0.919 bits per heavy atom.